The Kier molecular flexibility index (Phi) is 4.14. The van der Waals surface area contributed by atoms with Gasteiger partial charge in [-0.15, -0.1) is 0 Å². The maximum Gasteiger partial charge on any atom is 0.417 e. The number of pyridine rings is 2. The van der Waals surface area contributed by atoms with Gasteiger partial charge in [0.25, 0.3) is 0 Å². The maximum absolute atomic E-state index is 12.9. The summed E-state index contributed by atoms with van der Waals surface area (Å²) in [5.74, 6) is 0.0189. The second kappa shape index (κ2) is 5.94. The number of aromatic nitrogens is 4. The third kappa shape index (κ3) is 2.98. The average Bonchev–Trinajstić information content (AvgIpc) is 2.90. The van der Waals surface area contributed by atoms with Crippen molar-refractivity contribution < 1.29 is 21.6 Å². The van der Waals surface area contributed by atoms with E-state index >= 15 is 0 Å². The zero-order valence-corrected chi connectivity index (χ0v) is 14.6. The molecule has 0 aliphatic carbocycles. The van der Waals surface area contributed by atoms with Gasteiger partial charge in [0.2, 0.25) is 0 Å². The van der Waals surface area contributed by atoms with Gasteiger partial charge in [-0.3, -0.25) is 0 Å². The number of halogens is 3. The van der Waals surface area contributed by atoms with Crippen LogP contribution in [0.3, 0.4) is 0 Å². The smallest absolute Gasteiger partial charge is 0.384 e. The highest BCUT2D eigenvalue weighted by Crippen LogP contribution is 2.33. The molecule has 0 aromatic carbocycles. The molecule has 3 rings (SSSR count). The second-order valence-corrected chi connectivity index (χ2v) is 7.81. The lowest BCUT2D eigenvalue weighted by atomic mass is 10.2. The Morgan fingerprint density at radius 3 is 2.50 bits per heavy atom. The molecule has 0 fully saturated rings. The van der Waals surface area contributed by atoms with Crippen molar-refractivity contribution in [2.75, 3.05) is 11.5 Å². The van der Waals surface area contributed by atoms with Gasteiger partial charge in [0.1, 0.15) is 17.2 Å². The largest absolute Gasteiger partial charge is 0.417 e. The van der Waals surface area contributed by atoms with Crippen LogP contribution < -0.4 is 5.73 Å². The highest BCUT2D eigenvalue weighted by molar-refractivity contribution is 7.91. The first-order valence-electron chi connectivity index (χ1n) is 7.43. The molecule has 0 aliphatic rings. The van der Waals surface area contributed by atoms with Gasteiger partial charge in [-0.05, 0) is 12.1 Å². The topological polar surface area (TPSA) is 104 Å². The van der Waals surface area contributed by atoms with Crippen molar-refractivity contribution in [2.24, 2.45) is 7.05 Å². The zero-order chi connectivity index (χ0) is 19.3. The molecule has 3 heterocycles. The molecule has 2 N–H and O–H groups in total. The van der Waals surface area contributed by atoms with Crippen LogP contribution in [-0.4, -0.2) is 33.7 Å². The molecule has 0 atom stereocenters. The number of rotatable bonds is 3. The summed E-state index contributed by atoms with van der Waals surface area (Å²) in [6.07, 6.45) is -2.73. The molecule has 0 aliphatic heterocycles. The van der Waals surface area contributed by atoms with Crippen LogP contribution in [-0.2, 0) is 23.1 Å². The lowest BCUT2D eigenvalue weighted by Crippen LogP contribution is -2.09. The van der Waals surface area contributed by atoms with Gasteiger partial charge in [-0.2, -0.15) is 13.2 Å². The molecule has 3 aromatic heterocycles. The first kappa shape index (κ1) is 18.1. The van der Waals surface area contributed by atoms with Crippen LogP contribution in [0.25, 0.3) is 22.6 Å². The summed E-state index contributed by atoms with van der Waals surface area (Å²) < 4.78 is 64.7. The molecular formula is C15H14F3N5O2S. The van der Waals surface area contributed by atoms with Gasteiger partial charge < -0.3 is 10.3 Å². The predicted molar refractivity (Wildman–Crippen MR) is 88.9 cm³/mol. The molecular weight excluding hydrogens is 371 g/mol. The monoisotopic (exact) mass is 385 g/mol. The molecule has 11 heteroatoms. The average molecular weight is 385 g/mol. The van der Waals surface area contributed by atoms with Crippen molar-refractivity contribution in [3.63, 3.8) is 0 Å². The number of imidazole rings is 1. The van der Waals surface area contributed by atoms with Crippen molar-refractivity contribution in [3.8, 4) is 11.4 Å². The first-order valence-corrected chi connectivity index (χ1v) is 9.08. The number of nitrogens with zero attached hydrogens (tertiary/aromatic N) is 4. The summed E-state index contributed by atoms with van der Waals surface area (Å²) in [7, 11) is -2.12. The fraction of sp³-hybridized carbons (Fsp3) is 0.267. The van der Waals surface area contributed by atoms with Crippen molar-refractivity contribution >= 4 is 26.8 Å². The number of sulfone groups is 1. The summed E-state index contributed by atoms with van der Waals surface area (Å²) in [5, 5.41) is 0. The Hall–Kier alpha value is -2.69. The summed E-state index contributed by atoms with van der Waals surface area (Å²) in [4.78, 5) is 11.7. The van der Waals surface area contributed by atoms with E-state index in [1.165, 1.54) is 24.6 Å². The van der Waals surface area contributed by atoms with Crippen LogP contribution in [0, 0.1) is 0 Å². The van der Waals surface area contributed by atoms with Gasteiger partial charge >= 0.3 is 6.18 Å². The van der Waals surface area contributed by atoms with Crippen molar-refractivity contribution in [1.82, 2.24) is 19.5 Å². The maximum atomic E-state index is 12.9. The summed E-state index contributed by atoms with van der Waals surface area (Å²) in [5.41, 5.74) is 5.07. The van der Waals surface area contributed by atoms with Gasteiger partial charge in [-0.1, -0.05) is 6.92 Å². The molecule has 0 unspecified atom stereocenters. The highest BCUT2D eigenvalue weighted by Gasteiger charge is 2.32. The lowest BCUT2D eigenvalue weighted by Gasteiger charge is -2.09. The Labute approximate surface area is 146 Å². The molecule has 0 saturated heterocycles. The third-order valence-electron chi connectivity index (χ3n) is 3.88. The SMILES string of the molecule is CCS(=O)(=O)c1cnc(N)cc1-c1nc2cc(C(F)(F)F)cnc2n1C. The van der Waals surface area contributed by atoms with Gasteiger partial charge in [0.15, 0.2) is 15.5 Å². The van der Waals surface area contributed by atoms with Crippen LogP contribution >= 0.6 is 0 Å². The number of alkyl halides is 3. The Morgan fingerprint density at radius 2 is 1.88 bits per heavy atom. The minimum Gasteiger partial charge on any atom is -0.384 e. The molecule has 0 saturated carbocycles. The standard InChI is InChI=1S/C15H14F3N5O2S/c1-3-26(24,25)11-7-20-12(19)5-9(11)13-22-10-4-8(15(16,17)18)6-21-14(10)23(13)2/h4-7H,3H2,1-2H3,(H2,19,20). The third-order valence-corrected chi connectivity index (χ3v) is 5.64. The summed E-state index contributed by atoms with van der Waals surface area (Å²) in [6, 6.07) is 2.19. The fourth-order valence-electron chi connectivity index (χ4n) is 2.51. The first-order chi connectivity index (χ1) is 12.0. The molecule has 0 spiro atoms. The number of nitrogen functional groups attached to an aromatic ring is 1. The number of hydrogen-bond donors (Lipinski definition) is 1. The van der Waals surface area contributed by atoms with Crippen LogP contribution in [0.4, 0.5) is 19.0 Å². The second-order valence-electron chi connectivity index (χ2n) is 5.57. The lowest BCUT2D eigenvalue weighted by molar-refractivity contribution is -0.137. The minimum atomic E-state index is -4.56. The van der Waals surface area contributed by atoms with Crippen LogP contribution in [0.1, 0.15) is 12.5 Å². The van der Waals surface area contributed by atoms with E-state index in [0.29, 0.717) is 6.20 Å². The number of aryl methyl sites for hydroxylation is 1. The van der Waals surface area contributed by atoms with Crippen molar-refractivity contribution in [3.05, 3.63) is 30.1 Å². The Balaban J connectivity index is 2.30. The van der Waals surface area contributed by atoms with Crippen molar-refractivity contribution in [1.29, 1.82) is 0 Å². The molecule has 0 amide bonds. The number of fused-ring (bicyclic) bond motifs is 1. The molecule has 138 valence electrons. The number of anilines is 1. The highest BCUT2D eigenvalue weighted by atomic mass is 32.2. The van der Waals surface area contributed by atoms with E-state index in [4.69, 9.17) is 5.73 Å². The summed E-state index contributed by atoms with van der Waals surface area (Å²) >= 11 is 0. The van der Waals surface area contributed by atoms with E-state index in [1.54, 1.807) is 0 Å². The molecule has 0 radical (unpaired) electrons. The summed E-state index contributed by atoms with van der Waals surface area (Å²) in [6.45, 7) is 1.47. The van der Waals surface area contributed by atoms with Crippen LogP contribution in [0.5, 0.6) is 0 Å². The predicted octanol–water partition coefficient (Wildman–Crippen LogP) is 2.42. The minimum absolute atomic E-state index is 0.00689. The van der Waals surface area contributed by atoms with E-state index < -0.39 is 21.6 Å². The molecule has 7 nitrogen and oxygen atoms in total. The van der Waals surface area contributed by atoms with Crippen LogP contribution in [0.15, 0.2) is 29.4 Å². The van der Waals surface area contributed by atoms with E-state index in [0.717, 1.165) is 12.3 Å². The zero-order valence-electron chi connectivity index (χ0n) is 13.7. The number of hydrogen-bond acceptors (Lipinski definition) is 6. The van der Waals surface area contributed by atoms with E-state index in [9.17, 15) is 21.6 Å². The Morgan fingerprint density at radius 1 is 1.19 bits per heavy atom. The van der Waals surface area contributed by atoms with Gasteiger partial charge in [0, 0.05) is 25.0 Å². The van der Waals surface area contributed by atoms with E-state index in [2.05, 4.69) is 15.0 Å². The van der Waals surface area contributed by atoms with Gasteiger partial charge in [0.05, 0.1) is 16.2 Å². The van der Waals surface area contributed by atoms with E-state index in [-0.39, 0.29) is 39.0 Å². The number of nitrogens with two attached hydrogens (primary N) is 1. The van der Waals surface area contributed by atoms with E-state index in [1.807, 2.05) is 0 Å². The normalized spacial score (nSPS) is 12.7. The molecule has 3 aromatic rings. The van der Waals surface area contributed by atoms with Crippen LogP contribution in [0.2, 0.25) is 0 Å². The van der Waals surface area contributed by atoms with Gasteiger partial charge in [-0.25, -0.2) is 23.4 Å². The molecule has 0 bridgehead atoms. The Bertz CT molecular complexity index is 1110. The fourth-order valence-corrected chi connectivity index (χ4v) is 3.52. The van der Waals surface area contributed by atoms with Crippen molar-refractivity contribution in [2.45, 2.75) is 18.0 Å². The molecule has 26 heavy (non-hydrogen) atoms. The quantitative estimate of drug-likeness (QED) is 0.743.